The minimum absolute atomic E-state index is 0.0532. The van der Waals surface area contributed by atoms with Crippen LogP contribution in [0.1, 0.15) is 34.1 Å². The summed E-state index contributed by atoms with van der Waals surface area (Å²) < 4.78 is 0. The predicted octanol–water partition coefficient (Wildman–Crippen LogP) is 2.05. The van der Waals surface area contributed by atoms with E-state index in [1.807, 2.05) is 0 Å². The van der Waals surface area contributed by atoms with Crippen molar-refractivity contribution in [3.8, 4) is 0 Å². The van der Waals surface area contributed by atoms with Gasteiger partial charge in [0.25, 0.3) is 0 Å². The summed E-state index contributed by atoms with van der Waals surface area (Å²) in [7, 11) is 0. The van der Waals surface area contributed by atoms with E-state index in [0.717, 1.165) is 5.92 Å². The topological polar surface area (TPSA) is 20.2 Å². The van der Waals surface area contributed by atoms with Crippen LogP contribution in [0.5, 0.6) is 0 Å². The van der Waals surface area contributed by atoms with Crippen molar-refractivity contribution in [3.05, 3.63) is 0 Å². The van der Waals surface area contributed by atoms with Crippen LogP contribution in [0.4, 0.5) is 0 Å². The number of fused-ring (bicyclic) bond motifs is 1. The van der Waals surface area contributed by atoms with Crippen LogP contribution in [0.3, 0.4) is 0 Å². The molecular weight excluding hydrogens is 136 g/mol. The Bertz CT molecular complexity index is 193. The van der Waals surface area contributed by atoms with Gasteiger partial charge in [-0.3, -0.25) is 0 Å². The third-order valence-corrected chi connectivity index (χ3v) is 4.03. The Morgan fingerprint density at radius 2 is 1.73 bits per heavy atom. The van der Waals surface area contributed by atoms with Gasteiger partial charge in [0.15, 0.2) is 0 Å². The lowest BCUT2D eigenvalue weighted by molar-refractivity contribution is 0.0363. The quantitative estimate of drug-likeness (QED) is 0.566. The van der Waals surface area contributed by atoms with Gasteiger partial charge < -0.3 is 5.11 Å². The van der Waals surface area contributed by atoms with Crippen molar-refractivity contribution in [3.63, 3.8) is 0 Å². The monoisotopic (exact) mass is 154 g/mol. The zero-order valence-corrected chi connectivity index (χ0v) is 7.89. The number of aliphatic hydroxyl groups is 1. The van der Waals surface area contributed by atoms with Crippen LogP contribution < -0.4 is 0 Å². The molecule has 0 heterocycles. The Hall–Kier alpha value is -0.0400. The van der Waals surface area contributed by atoms with Crippen molar-refractivity contribution < 1.29 is 5.11 Å². The van der Waals surface area contributed by atoms with E-state index in [2.05, 4.69) is 27.7 Å². The molecule has 0 amide bonds. The van der Waals surface area contributed by atoms with Crippen molar-refractivity contribution in [2.24, 2.45) is 22.7 Å². The Morgan fingerprint density at radius 3 is 2.00 bits per heavy atom. The highest BCUT2D eigenvalue weighted by atomic mass is 16.3. The van der Waals surface area contributed by atoms with Crippen molar-refractivity contribution in [2.75, 3.05) is 0 Å². The van der Waals surface area contributed by atoms with Crippen LogP contribution in [0.2, 0.25) is 0 Å². The van der Waals surface area contributed by atoms with Crippen LogP contribution in [-0.4, -0.2) is 11.2 Å². The molecule has 0 unspecified atom stereocenters. The van der Waals surface area contributed by atoms with Crippen LogP contribution in [0, 0.1) is 22.7 Å². The summed E-state index contributed by atoms with van der Waals surface area (Å²) in [6.07, 6.45) is 1.16. The van der Waals surface area contributed by atoms with Gasteiger partial charge in [0, 0.05) is 0 Å². The molecule has 0 aromatic rings. The summed E-state index contributed by atoms with van der Waals surface area (Å²) in [5.41, 5.74) is 0.625. The highest BCUT2D eigenvalue weighted by Crippen LogP contribution is 2.71. The lowest BCUT2D eigenvalue weighted by atomic mass is 9.80. The number of hydrogen-bond donors (Lipinski definition) is 1. The molecule has 1 nitrogen and oxygen atoms in total. The molecular formula is C10H18O. The SMILES string of the molecule is CC1(C)C[C@@H]2[C@H]([C@@H]1O)C2(C)C. The van der Waals surface area contributed by atoms with E-state index < -0.39 is 0 Å². The zero-order valence-electron chi connectivity index (χ0n) is 7.89. The van der Waals surface area contributed by atoms with Crippen molar-refractivity contribution >= 4 is 0 Å². The summed E-state index contributed by atoms with van der Waals surface area (Å²) in [4.78, 5) is 0. The highest BCUT2D eigenvalue weighted by molar-refractivity contribution is 5.17. The third kappa shape index (κ3) is 0.752. The maximum absolute atomic E-state index is 9.90. The first kappa shape index (κ1) is 7.60. The molecule has 0 spiro atoms. The van der Waals surface area contributed by atoms with Crippen LogP contribution >= 0.6 is 0 Å². The molecule has 0 aromatic carbocycles. The first-order valence-corrected chi connectivity index (χ1v) is 4.55. The third-order valence-electron chi connectivity index (χ3n) is 4.03. The van der Waals surface area contributed by atoms with E-state index in [1.54, 1.807) is 0 Å². The molecule has 0 aromatic heterocycles. The Kier molecular flexibility index (Phi) is 1.15. The van der Waals surface area contributed by atoms with Gasteiger partial charge in [0.1, 0.15) is 0 Å². The largest absolute Gasteiger partial charge is 0.392 e. The average molecular weight is 154 g/mol. The second-order valence-electron chi connectivity index (χ2n) is 5.59. The zero-order chi connectivity index (χ0) is 8.44. The number of rotatable bonds is 0. The molecule has 11 heavy (non-hydrogen) atoms. The fourth-order valence-electron chi connectivity index (χ4n) is 2.98. The first-order valence-electron chi connectivity index (χ1n) is 4.55. The van der Waals surface area contributed by atoms with Crippen molar-refractivity contribution in [1.29, 1.82) is 0 Å². The normalized spacial score (nSPS) is 50.5. The molecule has 2 aliphatic rings. The molecule has 1 N–H and O–H groups in total. The van der Waals surface area contributed by atoms with Gasteiger partial charge in [-0.1, -0.05) is 27.7 Å². The minimum atomic E-state index is -0.0532. The molecule has 2 saturated carbocycles. The van der Waals surface area contributed by atoms with E-state index in [4.69, 9.17) is 0 Å². The molecule has 3 atom stereocenters. The number of aliphatic hydroxyl groups excluding tert-OH is 1. The van der Waals surface area contributed by atoms with Crippen LogP contribution in [0.25, 0.3) is 0 Å². The molecule has 0 bridgehead atoms. The number of hydrogen-bond acceptors (Lipinski definition) is 1. The Labute approximate surface area is 68.8 Å². The van der Waals surface area contributed by atoms with E-state index in [-0.39, 0.29) is 11.5 Å². The Morgan fingerprint density at radius 1 is 1.18 bits per heavy atom. The lowest BCUT2D eigenvalue weighted by Gasteiger charge is -2.29. The summed E-state index contributed by atoms with van der Waals surface area (Å²) in [5.74, 6) is 1.39. The predicted molar refractivity (Wildman–Crippen MR) is 45.2 cm³/mol. The fraction of sp³-hybridized carbons (Fsp3) is 1.00. The second-order valence-corrected chi connectivity index (χ2v) is 5.59. The molecule has 2 fully saturated rings. The molecule has 2 aliphatic carbocycles. The standard InChI is InChI=1S/C10H18O/c1-9(2)5-6-7(8(9)11)10(6,3)4/h6-8,11H,5H2,1-4H3/t6-,7-,8+/m1/s1. The van der Waals surface area contributed by atoms with Crippen LogP contribution in [0.15, 0.2) is 0 Å². The minimum Gasteiger partial charge on any atom is -0.392 e. The summed E-state index contributed by atoms with van der Waals surface area (Å²) in [6, 6.07) is 0. The molecule has 1 heteroatoms. The van der Waals surface area contributed by atoms with Gasteiger partial charge in [0.2, 0.25) is 0 Å². The van der Waals surface area contributed by atoms with E-state index in [9.17, 15) is 5.11 Å². The van der Waals surface area contributed by atoms with E-state index >= 15 is 0 Å². The molecule has 0 aliphatic heterocycles. The van der Waals surface area contributed by atoms with Gasteiger partial charge in [-0.2, -0.15) is 0 Å². The van der Waals surface area contributed by atoms with Crippen molar-refractivity contribution in [1.82, 2.24) is 0 Å². The smallest absolute Gasteiger partial charge is 0.0627 e. The van der Waals surface area contributed by atoms with Gasteiger partial charge in [-0.15, -0.1) is 0 Å². The summed E-state index contributed by atoms with van der Waals surface area (Å²) in [5, 5.41) is 9.90. The summed E-state index contributed by atoms with van der Waals surface area (Å²) in [6.45, 7) is 8.92. The molecule has 0 radical (unpaired) electrons. The first-order chi connectivity index (χ1) is 4.87. The summed E-state index contributed by atoms with van der Waals surface area (Å²) >= 11 is 0. The molecule has 2 rings (SSSR count). The fourth-order valence-corrected chi connectivity index (χ4v) is 2.98. The maximum atomic E-state index is 9.90. The highest BCUT2D eigenvalue weighted by Gasteiger charge is 2.68. The van der Waals surface area contributed by atoms with E-state index in [0.29, 0.717) is 11.3 Å². The average Bonchev–Trinajstić information content (AvgIpc) is 2.18. The maximum Gasteiger partial charge on any atom is 0.0627 e. The Balaban J connectivity index is 2.19. The molecule has 64 valence electrons. The van der Waals surface area contributed by atoms with Gasteiger partial charge in [0.05, 0.1) is 6.10 Å². The van der Waals surface area contributed by atoms with Gasteiger partial charge >= 0.3 is 0 Å². The molecule has 0 saturated heterocycles. The van der Waals surface area contributed by atoms with Gasteiger partial charge in [-0.25, -0.2) is 0 Å². The van der Waals surface area contributed by atoms with E-state index in [1.165, 1.54) is 6.42 Å². The van der Waals surface area contributed by atoms with Gasteiger partial charge in [-0.05, 0) is 29.1 Å². The lowest BCUT2D eigenvalue weighted by Crippen LogP contribution is -2.29. The second kappa shape index (κ2) is 1.66. The van der Waals surface area contributed by atoms with Crippen LogP contribution in [-0.2, 0) is 0 Å². The van der Waals surface area contributed by atoms with Crippen molar-refractivity contribution in [2.45, 2.75) is 40.2 Å².